The number of nitrogens with one attached hydrogen (secondary N) is 1. The van der Waals surface area contributed by atoms with Crippen molar-refractivity contribution in [1.29, 1.82) is 0 Å². The Morgan fingerprint density at radius 2 is 1.88 bits per heavy atom. The molecule has 0 aliphatic carbocycles. The highest BCUT2D eigenvalue weighted by atomic mass is 16.3. The summed E-state index contributed by atoms with van der Waals surface area (Å²) in [5, 5.41) is 9.71. The maximum absolute atomic E-state index is 12.1. The Kier molecular flexibility index (Phi) is 20.6. The first kappa shape index (κ1) is 26.5. The topological polar surface area (TPSA) is 122 Å². The molecular weight excluding hydrogens is 310 g/mol. The zero-order valence-corrected chi connectivity index (χ0v) is 14.9. The SMILES string of the molecule is C=C/C=C(\C=C/C)NC(=O)C1CCCCN1C=O.CC.N.O=CO. The quantitative estimate of drug-likeness (QED) is 0.524. The zero-order valence-electron chi connectivity index (χ0n) is 14.9. The van der Waals surface area contributed by atoms with Crippen molar-refractivity contribution >= 4 is 18.8 Å². The molecule has 0 aromatic rings. The van der Waals surface area contributed by atoms with Crippen molar-refractivity contribution < 1.29 is 19.5 Å². The molecule has 0 spiro atoms. The van der Waals surface area contributed by atoms with E-state index in [9.17, 15) is 9.59 Å². The minimum Gasteiger partial charge on any atom is -0.483 e. The highest BCUT2D eigenvalue weighted by Crippen LogP contribution is 2.15. The van der Waals surface area contributed by atoms with Crippen LogP contribution in [-0.2, 0) is 14.4 Å². The second kappa shape index (κ2) is 18.6. The standard InChI is InChI=1S/C14H20N2O2.C2H6.CH2O2.H3N/c1-3-7-12(8-4-2)15-14(18)13-9-5-6-10-16(13)11-17;1-2;2-1-3;/h3-4,7-8,11,13H,1,5-6,9-10H2,2H3,(H,15,18);1-2H3;1H,(H,2,3);1H3/b8-4-,12-7+;;;. The Bertz CT molecular complexity index is 420. The summed E-state index contributed by atoms with van der Waals surface area (Å²) in [5.74, 6) is -0.131. The first-order valence-electron chi connectivity index (χ1n) is 7.69. The molecule has 1 atom stereocenters. The summed E-state index contributed by atoms with van der Waals surface area (Å²) < 4.78 is 0. The molecule has 1 unspecified atom stereocenters. The molecular formula is C17H31N3O4. The number of allylic oxidation sites excluding steroid dienone is 4. The van der Waals surface area contributed by atoms with Crippen molar-refractivity contribution in [2.45, 2.75) is 46.1 Å². The number of likely N-dealkylation sites (tertiary alicyclic amines) is 1. The second-order valence-corrected chi connectivity index (χ2v) is 4.31. The molecule has 1 aliphatic rings. The van der Waals surface area contributed by atoms with E-state index in [0.717, 1.165) is 25.7 Å². The Hall–Kier alpha value is -2.41. The average molecular weight is 341 g/mol. The molecule has 0 aromatic carbocycles. The summed E-state index contributed by atoms with van der Waals surface area (Å²) in [5.41, 5.74) is 0.689. The third-order valence-electron chi connectivity index (χ3n) is 2.89. The lowest BCUT2D eigenvalue weighted by molar-refractivity contribution is -0.134. The first-order valence-corrected chi connectivity index (χ1v) is 7.69. The number of hydrogen-bond donors (Lipinski definition) is 3. The predicted molar refractivity (Wildman–Crippen MR) is 96.7 cm³/mol. The van der Waals surface area contributed by atoms with Gasteiger partial charge in [0.1, 0.15) is 6.04 Å². The molecule has 1 saturated heterocycles. The molecule has 5 N–H and O–H groups in total. The largest absolute Gasteiger partial charge is 0.483 e. The van der Waals surface area contributed by atoms with Crippen molar-refractivity contribution in [1.82, 2.24) is 16.4 Å². The molecule has 138 valence electrons. The molecule has 1 rings (SSSR count). The van der Waals surface area contributed by atoms with Gasteiger partial charge in [-0.25, -0.2) is 0 Å². The van der Waals surface area contributed by atoms with Crippen LogP contribution >= 0.6 is 0 Å². The van der Waals surface area contributed by atoms with Gasteiger partial charge < -0.3 is 21.5 Å². The lowest BCUT2D eigenvalue weighted by Gasteiger charge is -2.31. The molecule has 7 heteroatoms. The van der Waals surface area contributed by atoms with Crippen molar-refractivity contribution in [2.75, 3.05) is 6.54 Å². The Morgan fingerprint density at radius 1 is 1.29 bits per heavy atom. The van der Waals surface area contributed by atoms with Crippen LogP contribution in [-0.4, -0.2) is 41.4 Å². The molecule has 7 nitrogen and oxygen atoms in total. The highest BCUT2D eigenvalue weighted by Gasteiger charge is 2.27. The van der Waals surface area contributed by atoms with Crippen molar-refractivity contribution in [3.63, 3.8) is 0 Å². The molecule has 0 aromatic heterocycles. The van der Waals surface area contributed by atoms with Gasteiger partial charge in [-0.2, -0.15) is 0 Å². The van der Waals surface area contributed by atoms with E-state index in [1.165, 1.54) is 0 Å². The van der Waals surface area contributed by atoms with Crippen molar-refractivity contribution in [3.8, 4) is 0 Å². The van der Waals surface area contributed by atoms with Crippen LogP contribution < -0.4 is 11.5 Å². The Labute approximate surface area is 144 Å². The van der Waals surface area contributed by atoms with E-state index in [-0.39, 0.29) is 24.6 Å². The number of amides is 2. The fourth-order valence-corrected chi connectivity index (χ4v) is 2.03. The molecule has 24 heavy (non-hydrogen) atoms. The van der Waals surface area contributed by atoms with Crippen LogP contribution in [0.5, 0.6) is 0 Å². The maximum atomic E-state index is 12.1. The predicted octanol–water partition coefficient (Wildman–Crippen LogP) is 2.65. The third kappa shape index (κ3) is 11.2. The fourth-order valence-electron chi connectivity index (χ4n) is 2.03. The number of carboxylic acid groups (broad SMARTS) is 1. The van der Waals surface area contributed by atoms with Gasteiger partial charge in [0.25, 0.3) is 6.47 Å². The molecule has 0 bridgehead atoms. The zero-order chi connectivity index (χ0) is 18.1. The van der Waals surface area contributed by atoms with Crippen LogP contribution in [0.15, 0.2) is 36.6 Å². The Morgan fingerprint density at radius 3 is 2.33 bits per heavy atom. The van der Waals surface area contributed by atoms with E-state index in [4.69, 9.17) is 9.90 Å². The lowest BCUT2D eigenvalue weighted by Crippen LogP contribution is -2.48. The summed E-state index contributed by atoms with van der Waals surface area (Å²) >= 11 is 0. The Balaban J connectivity index is -0.000000660. The highest BCUT2D eigenvalue weighted by molar-refractivity contribution is 5.85. The summed E-state index contributed by atoms with van der Waals surface area (Å²) in [7, 11) is 0. The average Bonchev–Trinajstić information content (AvgIpc) is 2.57. The fraction of sp³-hybridized carbons (Fsp3) is 0.471. The van der Waals surface area contributed by atoms with E-state index in [0.29, 0.717) is 12.2 Å². The van der Waals surface area contributed by atoms with Gasteiger partial charge in [0, 0.05) is 12.2 Å². The van der Waals surface area contributed by atoms with Crippen LogP contribution in [0.3, 0.4) is 0 Å². The van der Waals surface area contributed by atoms with E-state index in [1.54, 1.807) is 23.1 Å². The molecule has 1 aliphatic heterocycles. The van der Waals surface area contributed by atoms with Gasteiger partial charge in [-0.15, -0.1) is 0 Å². The summed E-state index contributed by atoms with van der Waals surface area (Å²) in [4.78, 5) is 33.0. The number of piperidine rings is 1. The minimum atomic E-state index is -0.352. The van der Waals surface area contributed by atoms with Gasteiger partial charge in [-0.3, -0.25) is 14.4 Å². The number of nitrogens with zero attached hydrogens (tertiary/aromatic N) is 1. The van der Waals surface area contributed by atoms with Crippen LogP contribution in [0.4, 0.5) is 0 Å². The van der Waals surface area contributed by atoms with Gasteiger partial charge >= 0.3 is 0 Å². The van der Waals surface area contributed by atoms with Gasteiger partial charge in [-0.05, 0) is 38.3 Å². The maximum Gasteiger partial charge on any atom is 0.290 e. The normalized spacial score (nSPS) is 16.4. The smallest absolute Gasteiger partial charge is 0.290 e. The van der Waals surface area contributed by atoms with Gasteiger partial charge in [-0.1, -0.05) is 32.6 Å². The van der Waals surface area contributed by atoms with Crippen LogP contribution in [0, 0.1) is 0 Å². The number of hydrogen-bond acceptors (Lipinski definition) is 4. The third-order valence-corrected chi connectivity index (χ3v) is 2.89. The summed E-state index contributed by atoms with van der Waals surface area (Å²) in [6.07, 6.45) is 10.4. The minimum absolute atomic E-state index is 0. The molecule has 0 radical (unpaired) electrons. The molecule has 1 heterocycles. The van der Waals surface area contributed by atoms with Gasteiger partial charge in [0.2, 0.25) is 12.3 Å². The molecule has 1 fully saturated rings. The van der Waals surface area contributed by atoms with Crippen LogP contribution in [0.2, 0.25) is 0 Å². The van der Waals surface area contributed by atoms with Gasteiger partial charge in [0.05, 0.1) is 0 Å². The first-order chi connectivity index (χ1) is 11.1. The lowest BCUT2D eigenvalue weighted by atomic mass is 10.0. The summed E-state index contributed by atoms with van der Waals surface area (Å²) in [6.45, 7) is 9.89. The van der Waals surface area contributed by atoms with Crippen molar-refractivity contribution in [3.05, 3.63) is 36.6 Å². The van der Waals surface area contributed by atoms with Gasteiger partial charge in [0.15, 0.2) is 0 Å². The van der Waals surface area contributed by atoms with Crippen LogP contribution in [0.25, 0.3) is 0 Å². The van der Waals surface area contributed by atoms with E-state index in [2.05, 4.69) is 11.9 Å². The molecule has 0 saturated carbocycles. The molecule has 2 amide bonds. The monoisotopic (exact) mass is 341 g/mol. The van der Waals surface area contributed by atoms with E-state index in [1.807, 2.05) is 26.8 Å². The van der Waals surface area contributed by atoms with Crippen LogP contribution in [0.1, 0.15) is 40.0 Å². The summed E-state index contributed by atoms with van der Waals surface area (Å²) in [6, 6.07) is -0.352. The number of rotatable bonds is 5. The van der Waals surface area contributed by atoms with Crippen molar-refractivity contribution in [2.24, 2.45) is 0 Å². The van der Waals surface area contributed by atoms with E-state index < -0.39 is 0 Å². The van der Waals surface area contributed by atoms with E-state index >= 15 is 0 Å². The number of carbonyl (C=O) groups excluding carboxylic acids is 2. The second-order valence-electron chi connectivity index (χ2n) is 4.31. The number of carbonyl (C=O) groups is 3.